The van der Waals surface area contributed by atoms with Crippen LogP contribution < -0.4 is 5.32 Å². The van der Waals surface area contributed by atoms with Gasteiger partial charge in [-0.05, 0) is 31.6 Å². The number of thioether (sulfide) groups is 1. The lowest BCUT2D eigenvalue weighted by Crippen LogP contribution is -2.27. The molecule has 0 aliphatic carbocycles. The van der Waals surface area contributed by atoms with Gasteiger partial charge >= 0.3 is 0 Å². The molecule has 1 atom stereocenters. The predicted octanol–water partition coefficient (Wildman–Crippen LogP) is 2.92. The van der Waals surface area contributed by atoms with Gasteiger partial charge in [0.25, 0.3) is 0 Å². The topological polar surface area (TPSA) is 24.9 Å². The summed E-state index contributed by atoms with van der Waals surface area (Å²) in [6.45, 7) is 3.15. The van der Waals surface area contributed by atoms with Gasteiger partial charge in [-0.3, -0.25) is 0 Å². The maximum absolute atomic E-state index is 12.8. The minimum atomic E-state index is -0.427. The Bertz CT molecular complexity index is 337. The van der Waals surface area contributed by atoms with E-state index in [0.29, 0.717) is 4.75 Å². The summed E-state index contributed by atoms with van der Waals surface area (Å²) in [4.78, 5) is 3.53. The Hall–Kier alpha value is -0.770. The maximum Gasteiger partial charge on any atom is 0.214 e. The number of halogens is 1. The average molecular weight is 226 g/mol. The van der Waals surface area contributed by atoms with Crippen LogP contribution in [0.25, 0.3) is 0 Å². The van der Waals surface area contributed by atoms with E-state index in [1.165, 1.54) is 30.9 Å². The smallest absolute Gasteiger partial charge is 0.214 e. The van der Waals surface area contributed by atoms with E-state index in [0.717, 1.165) is 12.2 Å². The first kappa shape index (κ1) is 10.7. The highest BCUT2D eigenvalue weighted by molar-refractivity contribution is 8.00. The van der Waals surface area contributed by atoms with Crippen molar-refractivity contribution < 1.29 is 4.39 Å². The molecule has 82 valence electrons. The van der Waals surface area contributed by atoms with E-state index in [2.05, 4.69) is 17.2 Å². The molecule has 1 aromatic heterocycles. The second-order valence-electron chi connectivity index (χ2n) is 4.12. The zero-order valence-electron chi connectivity index (χ0n) is 8.79. The Labute approximate surface area is 93.7 Å². The molecule has 1 aliphatic rings. The Morgan fingerprint density at radius 3 is 3.20 bits per heavy atom. The van der Waals surface area contributed by atoms with Gasteiger partial charge in [-0.1, -0.05) is 0 Å². The third-order valence-corrected chi connectivity index (χ3v) is 4.23. The fourth-order valence-electron chi connectivity index (χ4n) is 1.78. The van der Waals surface area contributed by atoms with Crippen molar-refractivity contribution in [2.45, 2.75) is 24.5 Å². The van der Waals surface area contributed by atoms with Crippen LogP contribution in [0, 0.1) is 5.95 Å². The van der Waals surface area contributed by atoms with Crippen LogP contribution in [-0.4, -0.2) is 22.0 Å². The van der Waals surface area contributed by atoms with E-state index in [1.54, 1.807) is 6.07 Å². The summed E-state index contributed by atoms with van der Waals surface area (Å²) in [7, 11) is 0. The van der Waals surface area contributed by atoms with Gasteiger partial charge in [-0.15, -0.1) is 0 Å². The van der Waals surface area contributed by atoms with Crippen molar-refractivity contribution in [3.63, 3.8) is 0 Å². The molecule has 0 bridgehead atoms. The Morgan fingerprint density at radius 2 is 2.53 bits per heavy atom. The van der Waals surface area contributed by atoms with Gasteiger partial charge in [0.05, 0.1) is 0 Å². The predicted molar refractivity (Wildman–Crippen MR) is 62.8 cm³/mol. The lowest BCUT2D eigenvalue weighted by atomic mass is 10.1. The first-order valence-electron chi connectivity index (χ1n) is 5.17. The van der Waals surface area contributed by atoms with Crippen LogP contribution in [0.1, 0.15) is 19.8 Å². The molecule has 2 heterocycles. The monoisotopic (exact) mass is 226 g/mol. The van der Waals surface area contributed by atoms with Crippen molar-refractivity contribution in [3.05, 3.63) is 24.3 Å². The summed E-state index contributed by atoms with van der Waals surface area (Å²) in [5, 5.41) is 3.27. The zero-order valence-corrected chi connectivity index (χ0v) is 9.61. The van der Waals surface area contributed by atoms with Crippen LogP contribution in [0.4, 0.5) is 10.1 Å². The summed E-state index contributed by atoms with van der Waals surface area (Å²) >= 11 is 2.00. The van der Waals surface area contributed by atoms with E-state index >= 15 is 0 Å². The highest BCUT2D eigenvalue weighted by Crippen LogP contribution is 2.37. The van der Waals surface area contributed by atoms with Crippen LogP contribution in [0.3, 0.4) is 0 Å². The molecule has 1 N–H and O–H groups in total. The van der Waals surface area contributed by atoms with E-state index < -0.39 is 5.95 Å². The largest absolute Gasteiger partial charge is 0.383 e. The van der Waals surface area contributed by atoms with E-state index in [-0.39, 0.29) is 0 Å². The molecule has 1 saturated heterocycles. The summed E-state index contributed by atoms with van der Waals surface area (Å²) in [5.41, 5.74) is 0.816. The normalized spacial score (nSPS) is 25.5. The second-order valence-corrected chi connectivity index (χ2v) is 5.81. The van der Waals surface area contributed by atoms with Gasteiger partial charge in [-0.2, -0.15) is 16.2 Å². The maximum atomic E-state index is 12.8. The van der Waals surface area contributed by atoms with Crippen molar-refractivity contribution in [2.24, 2.45) is 0 Å². The first-order chi connectivity index (χ1) is 7.18. The van der Waals surface area contributed by atoms with Crippen LogP contribution in [0.15, 0.2) is 18.3 Å². The van der Waals surface area contributed by atoms with Crippen LogP contribution in [0.2, 0.25) is 0 Å². The minimum Gasteiger partial charge on any atom is -0.383 e. The number of pyridine rings is 1. The summed E-state index contributed by atoms with van der Waals surface area (Å²) < 4.78 is 13.1. The molecule has 15 heavy (non-hydrogen) atoms. The van der Waals surface area contributed by atoms with Gasteiger partial charge in [0.2, 0.25) is 5.95 Å². The van der Waals surface area contributed by atoms with Crippen molar-refractivity contribution in [1.82, 2.24) is 4.98 Å². The number of rotatable bonds is 3. The van der Waals surface area contributed by atoms with Gasteiger partial charge in [0.15, 0.2) is 0 Å². The molecular weight excluding hydrogens is 211 g/mol. The highest BCUT2D eigenvalue weighted by atomic mass is 32.2. The van der Waals surface area contributed by atoms with Gasteiger partial charge < -0.3 is 5.32 Å². The van der Waals surface area contributed by atoms with E-state index in [4.69, 9.17) is 0 Å². The number of nitrogens with one attached hydrogen (secondary N) is 1. The second kappa shape index (κ2) is 4.39. The van der Waals surface area contributed by atoms with Crippen LogP contribution in [-0.2, 0) is 0 Å². The fourth-order valence-corrected chi connectivity index (χ4v) is 3.02. The summed E-state index contributed by atoms with van der Waals surface area (Å²) in [5.74, 6) is 0.812. The van der Waals surface area contributed by atoms with Crippen molar-refractivity contribution >= 4 is 17.4 Å². The summed E-state index contributed by atoms with van der Waals surface area (Å²) in [6.07, 6.45) is 4.01. The molecule has 2 rings (SSSR count). The fraction of sp³-hybridized carbons (Fsp3) is 0.545. The molecular formula is C11H15FN2S. The molecule has 0 radical (unpaired) electrons. The number of anilines is 1. The SMILES string of the molecule is CC1(CNc2ccnc(F)c2)CCCS1. The van der Waals surface area contributed by atoms with Crippen LogP contribution in [0.5, 0.6) is 0 Å². The quantitative estimate of drug-likeness (QED) is 0.802. The number of hydrogen-bond acceptors (Lipinski definition) is 3. The standard InChI is InChI=1S/C11H15FN2S/c1-11(4-2-6-15-11)8-14-9-3-5-13-10(12)7-9/h3,5,7H,2,4,6,8H2,1H3,(H,13,14). The average Bonchev–Trinajstić information content (AvgIpc) is 2.63. The molecule has 2 nitrogen and oxygen atoms in total. The third kappa shape index (κ3) is 2.84. The van der Waals surface area contributed by atoms with E-state index in [9.17, 15) is 4.39 Å². The number of hydrogen-bond donors (Lipinski definition) is 1. The molecule has 0 saturated carbocycles. The van der Waals surface area contributed by atoms with Crippen molar-refractivity contribution in [3.8, 4) is 0 Å². The Morgan fingerprint density at radius 1 is 1.67 bits per heavy atom. The van der Waals surface area contributed by atoms with Gasteiger partial charge in [0.1, 0.15) is 0 Å². The first-order valence-corrected chi connectivity index (χ1v) is 6.16. The lowest BCUT2D eigenvalue weighted by Gasteiger charge is -2.23. The Kier molecular flexibility index (Phi) is 3.14. The molecule has 0 spiro atoms. The zero-order chi connectivity index (χ0) is 10.7. The van der Waals surface area contributed by atoms with Crippen molar-refractivity contribution in [2.75, 3.05) is 17.6 Å². The number of nitrogens with zero attached hydrogens (tertiary/aromatic N) is 1. The lowest BCUT2D eigenvalue weighted by molar-refractivity contribution is 0.583. The Balaban J connectivity index is 1.92. The third-order valence-electron chi connectivity index (χ3n) is 2.69. The molecule has 1 aliphatic heterocycles. The van der Waals surface area contributed by atoms with Crippen molar-refractivity contribution in [1.29, 1.82) is 0 Å². The summed E-state index contributed by atoms with van der Waals surface area (Å²) in [6, 6.07) is 3.23. The highest BCUT2D eigenvalue weighted by Gasteiger charge is 2.28. The number of aromatic nitrogens is 1. The minimum absolute atomic E-state index is 0.305. The molecule has 1 fully saturated rings. The molecule has 0 amide bonds. The van der Waals surface area contributed by atoms with Crippen LogP contribution >= 0.6 is 11.8 Å². The van der Waals surface area contributed by atoms with E-state index in [1.807, 2.05) is 11.8 Å². The molecule has 1 aromatic rings. The van der Waals surface area contributed by atoms with Gasteiger partial charge in [0, 0.05) is 29.2 Å². The van der Waals surface area contributed by atoms with Gasteiger partial charge in [-0.25, -0.2) is 4.98 Å². The molecule has 1 unspecified atom stereocenters. The molecule has 4 heteroatoms. The molecule has 0 aromatic carbocycles.